The molecule has 3 N–H and O–H groups in total. The fourth-order valence-corrected chi connectivity index (χ4v) is 3.67. The molecule has 1 atom stereocenters. The third kappa shape index (κ3) is 5.43. The molecule has 1 unspecified atom stereocenters. The molecule has 0 bridgehead atoms. The van der Waals surface area contributed by atoms with Gasteiger partial charge in [-0.15, -0.1) is 12.3 Å². The molecule has 0 heterocycles. The van der Waals surface area contributed by atoms with Crippen LogP contribution >= 0.6 is 0 Å². The molecule has 31 heavy (non-hydrogen) atoms. The van der Waals surface area contributed by atoms with Gasteiger partial charge in [0.05, 0.1) is 0 Å². The number of alkyl carbamates (subject to hydrolysis) is 1. The summed E-state index contributed by atoms with van der Waals surface area (Å²) < 4.78 is 5.42. The Morgan fingerprint density at radius 1 is 1.06 bits per heavy atom. The molecule has 0 fully saturated rings. The molecule has 2 amide bonds. The highest BCUT2D eigenvalue weighted by Crippen LogP contribution is 2.44. The van der Waals surface area contributed by atoms with Gasteiger partial charge in [-0.3, -0.25) is 4.79 Å². The molecule has 0 radical (unpaired) electrons. The Kier molecular flexibility index (Phi) is 7.28. The molecule has 1 aliphatic carbocycles. The molecule has 0 saturated heterocycles. The summed E-state index contributed by atoms with van der Waals surface area (Å²) in [4.78, 5) is 34.9. The van der Waals surface area contributed by atoms with E-state index in [2.05, 4.69) is 28.7 Å². The van der Waals surface area contributed by atoms with Gasteiger partial charge in [-0.2, -0.15) is 0 Å². The summed E-state index contributed by atoms with van der Waals surface area (Å²) in [5.74, 6) is 0.586. The van der Waals surface area contributed by atoms with Gasteiger partial charge in [0, 0.05) is 25.3 Å². The molecule has 0 aliphatic heterocycles. The molecule has 2 aromatic rings. The van der Waals surface area contributed by atoms with E-state index in [1.807, 2.05) is 36.4 Å². The molecule has 3 rings (SSSR count). The maximum absolute atomic E-state index is 12.1. The summed E-state index contributed by atoms with van der Waals surface area (Å²) >= 11 is 0. The lowest BCUT2D eigenvalue weighted by Crippen LogP contribution is -2.40. The summed E-state index contributed by atoms with van der Waals surface area (Å²) in [7, 11) is 0. The highest BCUT2D eigenvalue weighted by Gasteiger charge is 2.29. The van der Waals surface area contributed by atoms with Crippen LogP contribution in [0.5, 0.6) is 0 Å². The molecule has 0 aromatic heterocycles. The number of fused-ring (bicyclic) bond motifs is 3. The number of carbonyl (C=O) groups is 3. The summed E-state index contributed by atoms with van der Waals surface area (Å²) in [5.41, 5.74) is 4.58. The third-order valence-corrected chi connectivity index (χ3v) is 5.15. The van der Waals surface area contributed by atoms with Crippen molar-refractivity contribution in [2.45, 2.75) is 31.2 Å². The van der Waals surface area contributed by atoms with Gasteiger partial charge in [0.1, 0.15) is 12.6 Å². The summed E-state index contributed by atoms with van der Waals surface area (Å²) in [5, 5.41) is 14.0. The van der Waals surface area contributed by atoms with Crippen LogP contribution in [0, 0.1) is 12.3 Å². The number of hydrogen-bond donors (Lipinski definition) is 3. The first-order valence-corrected chi connectivity index (χ1v) is 10.1. The maximum Gasteiger partial charge on any atom is 0.407 e. The quantitative estimate of drug-likeness (QED) is 0.427. The first kappa shape index (κ1) is 21.9. The van der Waals surface area contributed by atoms with Crippen molar-refractivity contribution in [2.75, 3.05) is 13.2 Å². The fraction of sp³-hybridized carbons (Fsp3) is 0.292. The Morgan fingerprint density at radius 2 is 1.68 bits per heavy atom. The van der Waals surface area contributed by atoms with Crippen molar-refractivity contribution in [2.24, 2.45) is 0 Å². The van der Waals surface area contributed by atoms with Crippen LogP contribution in [0.15, 0.2) is 48.5 Å². The predicted molar refractivity (Wildman–Crippen MR) is 115 cm³/mol. The molecule has 7 heteroatoms. The minimum absolute atomic E-state index is 0.0203. The summed E-state index contributed by atoms with van der Waals surface area (Å²) in [6, 6.07) is 15.1. The SMILES string of the molecule is C#CCC(NC(=O)CCCNC(=O)OCC1c2ccccc2-c2ccccc21)C(=O)O. The van der Waals surface area contributed by atoms with E-state index >= 15 is 0 Å². The molecule has 7 nitrogen and oxygen atoms in total. The number of benzene rings is 2. The van der Waals surface area contributed by atoms with Gasteiger partial charge in [-0.05, 0) is 28.7 Å². The van der Waals surface area contributed by atoms with Crippen molar-refractivity contribution in [1.29, 1.82) is 0 Å². The lowest BCUT2D eigenvalue weighted by molar-refractivity contribution is -0.141. The Hall–Kier alpha value is -3.79. The normalized spacial score (nSPS) is 12.7. The van der Waals surface area contributed by atoms with Crippen molar-refractivity contribution in [1.82, 2.24) is 10.6 Å². The monoisotopic (exact) mass is 420 g/mol. The zero-order valence-electron chi connectivity index (χ0n) is 17.0. The van der Waals surface area contributed by atoms with Gasteiger partial charge in [0.15, 0.2) is 0 Å². The number of nitrogens with one attached hydrogen (secondary N) is 2. The van der Waals surface area contributed by atoms with E-state index in [0.29, 0.717) is 6.42 Å². The molecular weight excluding hydrogens is 396 g/mol. The Bertz CT molecular complexity index is 966. The first-order chi connectivity index (χ1) is 15.0. The van der Waals surface area contributed by atoms with E-state index in [1.54, 1.807) is 0 Å². The van der Waals surface area contributed by atoms with Gasteiger partial charge in [0.2, 0.25) is 5.91 Å². The van der Waals surface area contributed by atoms with E-state index in [0.717, 1.165) is 22.3 Å². The average molecular weight is 420 g/mol. The number of carboxylic acids is 1. The number of ether oxygens (including phenoxy) is 1. The molecule has 160 valence electrons. The Morgan fingerprint density at radius 3 is 2.26 bits per heavy atom. The third-order valence-electron chi connectivity index (χ3n) is 5.15. The molecular formula is C24H24N2O5. The van der Waals surface area contributed by atoms with Gasteiger partial charge >= 0.3 is 12.1 Å². The number of amides is 2. The fourth-order valence-electron chi connectivity index (χ4n) is 3.67. The highest BCUT2D eigenvalue weighted by atomic mass is 16.5. The molecule has 2 aromatic carbocycles. The zero-order valence-corrected chi connectivity index (χ0v) is 17.0. The van der Waals surface area contributed by atoms with E-state index in [1.165, 1.54) is 0 Å². The van der Waals surface area contributed by atoms with Gasteiger partial charge in [-0.25, -0.2) is 9.59 Å². The van der Waals surface area contributed by atoms with Gasteiger partial charge in [-0.1, -0.05) is 48.5 Å². The highest BCUT2D eigenvalue weighted by molar-refractivity contribution is 5.83. The second-order valence-electron chi connectivity index (χ2n) is 7.22. The standard InChI is InChI=1S/C24H24N2O5/c1-2-8-21(23(28)29)26-22(27)13-7-14-25-24(30)31-15-20-18-11-5-3-9-16(18)17-10-4-6-12-19(17)20/h1,3-6,9-12,20-21H,7-8,13-15H2,(H,25,30)(H,26,27)(H,28,29). The molecule has 0 saturated carbocycles. The number of carboxylic acid groups (broad SMARTS) is 1. The van der Waals surface area contributed by atoms with Crippen LogP contribution in [0.4, 0.5) is 4.79 Å². The molecule has 1 aliphatic rings. The Balaban J connectivity index is 1.43. The van der Waals surface area contributed by atoms with Crippen molar-refractivity contribution in [3.05, 3.63) is 59.7 Å². The van der Waals surface area contributed by atoms with Crippen molar-refractivity contribution >= 4 is 18.0 Å². The maximum atomic E-state index is 12.1. The van der Waals surface area contributed by atoms with E-state index in [4.69, 9.17) is 16.3 Å². The zero-order chi connectivity index (χ0) is 22.2. The van der Waals surface area contributed by atoms with Crippen molar-refractivity contribution in [3.63, 3.8) is 0 Å². The average Bonchev–Trinajstić information content (AvgIpc) is 3.09. The van der Waals surface area contributed by atoms with E-state index < -0.39 is 24.0 Å². The second-order valence-corrected chi connectivity index (χ2v) is 7.22. The van der Waals surface area contributed by atoms with Gasteiger partial charge in [0.25, 0.3) is 0 Å². The number of rotatable bonds is 9. The van der Waals surface area contributed by atoms with Crippen LogP contribution < -0.4 is 10.6 Å². The topological polar surface area (TPSA) is 105 Å². The number of hydrogen-bond acceptors (Lipinski definition) is 4. The van der Waals surface area contributed by atoms with E-state index in [-0.39, 0.29) is 31.9 Å². The number of aliphatic carboxylic acids is 1. The summed E-state index contributed by atoms with van der Waals surface area (Å²) in [6.45, 7) is 0.448. The minimum atomic E-state index is -1.18. The van der Waals surface area contributed by atoms with E-state index in [9.17, 15) is 14.4 Å². The van der Waals surface area contributed by atoms with Crippen molar-refractivity contribution in [3.8, 4) is 23.5 Å². The molecule has 0 spiro atoms. The lowest BCUT2D eigenvalue weighted by Gasteiger charge is -2.15. The van der Waals surface area contributed by atoms with Gasteiger partial charge < -0.3 is 20.5 Å². The predicted octanol–water partition coefficient (Wildman–Crippen LogP) is 2.90. The Labute approximate surface area is 180 Å². The number of carbonyl (C=O) groups excluding carboxylic acids is 2. The van der Waals surface area contributed by atoms with Crippen LogP contribution in [0.2, 0.25) is 0 Å². The van der Waals surface area contributed by atoms with Crippen LogP contribution in [-0.2, 0) is 14.3 Å². The summed E-state index contributed by atoms with van der Waals surface area (Å²) in [6.07, 6.45) is 4.87. The smallest absolute Gasteiger partial charge is 0.407 e. The van der Waals surface area contributed by atoms with Crippen molar-refractivity contribution < 1.29 is 24.2 Å². The second kappa shape index (κ2) is 10.3. The lowest BCUT2D eigenvalue weighted by atomic mass is 9.98. The van der Waals surface area contributed by atoms with Crippen LogP contribution in [-0.4, -0.2) is 42.3 Å². The van der Waals surface area contributed by atoms with Crippen LogP contribution in [0.1, 0.15) is 36.3 Å². The number of terminal acetylenes is 1. The first-order valence-electron chi connectivity index (χ1n) is 10.1. The van der Waals surface area contributed by atoms with Crippen LogP contribution in [0.3, 0.4) is 0 Å². The largest absolute Gasteiger partial charge is 0.480 e. The van der Waals surface area contributed by atoms with Crippen LogP contribution in [0.25, 0.3) is 11.1 Å². The minimum Gasteiger partial charge on any atom is -0.480 e.